The molecule has 3 heteroatoms. The summed E-state index contributed by atoms with van der Waals surface area (Å²) in [5, 5.41) is 3.71. The highest BCUT2D eigenvalue weighted by molar-refractivity contribution is 7.98. The molecule has 0 bridgehead atoms. The van der Waals surface area contributed by atoms with Crippen LogP contribution in [0.1, 0.15) is 40.0 Å². The number of hydrogen-bond acceptors (Lipinski definition) is 3. The quantitative estimate of drug-likeness (QED) is 0.786. The van der Waals surface area contributed by atoms with Crippen LogP contribution in [0.15, 0.2) is 0 Å². The predicted octanol–water partition coefficient (Wildman–Crippen LogP) is 2.68. The van der Waals surface area contributed by atoms with E-state index in [0.717, 1.165) is 25.9 Å². The highest BCUT2D eigenvalue weighted by atomic mass is 32.2. The highest BCUT2D eigenvalue weighted by Gasteiger charge is 2.31. The molecule has 2 nitrogen and oxygen atoms in total. The first-order chi connectivity index (χ1) is 7.09. The van der Waals surface area contributed by atoms with Crippen LogP contribution in [0, 0.1) is 0 Å². The number of rotatable bonds is 5. The SMILES string of the molecule is CCC1(C)CC(NC(C)CSC)CCO1. The maximum atomic E-state index is 5.84. The summed E-state index contributed by atoms with van der Waals surface area (Å²) >= 11 is 1.91. The molecule has 1 rings (SSSR count). The van der Waals surface area contributed by atoms with Crippen LogP contribution in [0.2, 0.25) is 0 Å². The van der Waals surface area contributed by atoms with Gasteiger partial charge in [0.05, 0.1) is 5.60 Å². The van der Waals surface area contributed by atoms with Crippen LogP contribution in [-0.4, -0.2) is 36.3 Å². The lowest BCUT2D eigenvalue weighted by atomic mass is 9.89. The van der Waals surface area contributed by atoms with E-state index in [1.165, 1.54) is 5.75 Å². The second-order valence-electron chi connectivity index (χ2n) is 4.86. The third-order valence-corrected chi connectivity index (χ3v) is 4.11. The minimum Gasteiger partial charge on any atom is -0.375 e. The van der Waals surface area contributed by atoms with Gasteiger partial charge in [-0.15, -0.1) is 0 Å². The average molecular weight is 231 g/mol. The standard InChI is InChI=1S/C12H25NOS/c1-5-12(3)8-11(6-7-14-12)13-10(2)9-15-4/h10-11,13H,5-9H2,1-4H3. The molecule has 3 atom stereocenters. The Balaban J connectivity index is 2.36. The van der Waals surface area contributed by atoms with Crippen molar-refractivity contribution in [2.45, 2.75) is 57.7 Å². The van der Waals surface area contributed by atoms with Gasteiger partial charge in [-0.3, -0.25) is 0 Å². The van der Waals surface area contributed by atoms with E-state index in [4.69, 9.17) is 4.74 Å². The second-order valence-corrected chi connectivity index (χ2v) is 5.78. The fraction of sp³-hybridized carbons (Fsp3) is 1.00. The smallest absolute Gasteiger partial charge is 0.0666 e. The molecule has 90 valence electrons. The van der Waals surface area contributed by atoms with Gasteiger partial charge in [0.25, 0.3) is 0 Å². The maximum Gasteiger partial charge on any atom is 0.0666 e. The van der Waals surface area contributed by atoms with Gasteiger partial charge in [0.2, 0.25) is 0 Å². The first kappa shape index (κ1) is 13.3. The minimum absolute atomic E-state index is 0.106. The van der Waals surface area contributed by atoms with Crippen molar-refractivity contribution >= 4 is 11.8 Å². The molecule has 0 spiro atoms. The normalized spacial score (nSPS) is 34.0. The van der Waals surface area contributed by atoms with Crippen LogP contribution in [-0.2, 0) is 4.74 Å². The van der Waals surface area contributed by atoms with E-state index in [-0.39, 0.29) is 5.60 Å². The largest absolute Gasteiger partial charge is 0.375 e. The molecule has 1 aliphatic heterocycles. The van der Waals surface area contributed by atoms with Gasteiger partial charge >= 0.3 is 0 Å². The summed E-state index contributed by atoms with van der Waals surface area (Å²) in [6, 6.07) is 1.26. The topological polar surface area (TPSA) is 21.3 Å². The van der Waals surface area contributed by atoms with E-state index >= 15 is 0 Å². The van der Waals surface area contributed by atoms with Gasteiger partial charge in [0, 0.05) is 24.4 Å². The van der Waals surface area contributed by atoms with Crippen molar-refractivity contribution in [1.82, 2.24) is 5.32 Å². The monoisotopic (exact) mass is 231 g/mol. The van der Waals surface area contributed by atoms with Crippen molar-refractivity contribution in [1.29, 1.82) is 0 Å². The molecular weight excluding hydrogens is 206 g/mol. The van der Waals surface area contributed by atoms with Crippen molar-refractivity contribution in [3.63, 3.8) is 0 Å². The van der Waals surface area contributed by atoms with E-state index in [1.54, 1.807) is 0 Å². The van der Waals surface area contributed by atoms with E-state index < -0.39 is 0 Å². The Morgan fingerprint density at radius 3 is 2.93 bits per heavy atom. The Labute approximate surface area is 98.5 Å². The van der Waals surface area contributed by atoms with Crippen LogP contribution in [0.25, 0.3) is 0 Å². The molecule has 0 radical (unpaired) electrons. The Morgan fingerprint density at radius 1 is 1.60 bits per heavy atom. The molecule has 1 fully saturated rings. The molecule has 0 amide bonds. The summed E-state index contributed by atoms with van der Waals surface area (Å²) < 4.78 is 5.84. The molecular formula is C12H25NOS. The van der Waals surface area contributed by atoms with Gasteiger partial charge in [-0.1, -0.05) is 6.92 Å². The van der Waals surface area contributed by atoms with Crippen LogP contribution in [0.4, 0.5) is 0 Å². The third-order valence-electron chi connectivity index (χ3n) is 3.28. The van der Waals surface area contributed by atoms with Crippen molar-refractivity contribution < 1.29 is 4.74 Å². The van der Waals surface area contributed by atoms with E-state index in [9.17, 15) is 0 Å². The zero-order chi connectivity index (χ0) is 11.3. The Kier molecular flexibility index (Phi) is 5.44. The van der Waals surface area contributed by atoms with Gasteiger partial charge in [-0.05, 0) is 39.4 Å². The number of ether oxygens (including phenoxy) is 1. The molecule has 0 aliphatic carbocycles. The van der Waals surface area contributed by atoms with Gasteiger partial charge < -0.3 is 10.1 Å². The van der Waals surface area contributed by atoms with Crippen molar-refractivity contribution in [2.75, 3.05) is 18.6 Å². The van der Waals surface area contributed by atoms with E-state index in [0.29, 0.717) is 12.1 Å². The minimum atomic E-state index is 0.106. The molecule has 1 heterocycles. The lowest BCUT2D eigenvalue weighted by Gasteiger charge is -2.39. The Morgan fingerprint density at radius 2 is 2.33 bits per heavy atom. The third kappa shape index (κ3) is 4.33. The molecule has 15 heavy (non-hydrogen) atoms. The lowest BCUT2D eigenvalue weighted by molar-refractivity contribution is -0.0786. The molecule has 0 aromatic rings. The first-order valence-corrected chi connectivity index (χ1v) is 7.38. The fourth-order valence-corrected chi connectivity index (χ4v) is 2.82. The van der Waals surface area contributed by atoms with E-state index in [1.807, 2.05) is 11.8 Å². The van der Waals surface area contributed by atoms with Gasteiger partial charge in [0.15, 0.2) is 0 Å². The van der Waals surface area contributed by atoms with Gasteiger partial charge in [-0.2, -0.15) is 11.8 Å². The molecule has 1 N–H and O–H groups in total. The zero-order valence-electron chi connectivity index (χ0n) is 10.5. The summed E-state index contributed by atoms with van der Waals surface area (Å²) in [4.78, 5) is 0. The number of nitrogens with one attached hydrogen (secondary N) is 1. The number of thioether (sulfide) groups is 1. The summed E-state index contributed by atoms with van der Waals surface area (Å²) in [7, 11) is 0. The van der Waals surface area contributed by atoms with Gasteiger partial charge in [-0.25, -0.2) is 0 Å². The van der Waals surface area contributed by atoms with Crippen molar-refractivity contribution in [2.24, 2.45) is 0 Å². The molecule has 0 aromatic heterocycles. The summed E-state index contributed by atoms with van der Waals surface area (Å²) in [6.07, 6.45) is 5.59. The summed E-state index contributed by atoms with van der Waals surface area (Å²) in [6.45, 7) is 7.64. The highest BCUT2D eigenvalue weighted by Crippen LogP contribution is 2.27. The maximum absolute atomic E-state index is 5.84. The average Bonchev–Trinajstić information content (AvgIpc) is 2.18. The summed E-state index contributed by atoms with van der Waals surface area (Å²) in [5.41, 5.74) is 0.106. The molecule has 3 unspecified atom stereocenters. The predicted molar refractivity (Wildman–Crippen MR) is 68.6 cm³/mol. The van der Waals surface area contributed by atoms with Crippen LogP contribution >= 0.6 is 11.8 Å². The lowest BCUT2D eigenvalue weighted by Crippen LogP contribution is -2.48. The van der Waals surface area contributed by atoms with Crippen molar-refractivity contribution in [3.8, 4) is 0 Å². The molecule has 1 saturated heterocycles. The molecule has 0 saturated carbocycles. The van der Waals surface area contributed by atoms with Crippen LogP contribution in [0.5, 0.6) is 0 Å². The number of hydrogen-bond donors (Lipinski definition) is 1. The van der Waals surface area contributed by atoms with Gasteiger partial charge in [0.1, 0.15) is 0 Å². The Hall–Kier alpha value is 0.270. The Bertz CT molecular complexity index is 188. The molecule has 1 aliphatic rings. The second kappa shape index (κ2) is 6.12. The first-order valence-electron chi connectivity index (χ1n) is 5.98. The van der Waals surface area contributed by atoms with Crippen LogP contribution in [0.3, 0.4) is 0 Å². The van der Waals surface area contributed by atoms with Crippen molar-refractivity contribution in [3.05, 3.63) is 0 Å². The summed E-state index contributed by atoms with van der Waals surface area (Å²) in [5.74, 6) is 1.19. The van der Waals surface area contributed by atoms with E-state index in [2.05, 4.69) is 32.3 Å². The fourth-order valence-electron chi connectivity index (χ4n) is 2.22. The zero-order valence-corrected chi connectivity index (χ0v) is 11.3. The van der Waals surface area contributed by atoms with Crippen LogP contribution < -0.4 is 5.32 Å². The molecule has 0 aromatic carbocycles.